The topological polar surface area (TPSA) is 139 Å². The second-order valence-electron chi connectivity index (χ2n) is 8.23. The lowest BCUT2D eigenvalue weighted by Gasteiger charge is -2.18. The Morgan fingerprint density at radius 3 is 2.78 bits per heavy atom. The van der Waals surface area contributed by atoms with E-state index in [0.717, 1.165) is 16.9 Å². The number of methoxy groups -OCH3 is 1. The second kappa shape index (κ2) is 11.3. The predicted molar refractivity (Wildman–Crippen MR) is 129 cm³/mol. The van der Waals surface area contributed by atoms with Crippen molar-refractivity contribution in [1.29, 1.82) is 0 Å². The fourth-order valence-corrected chi connectivity index (χ4v) is 3.72. The van der Waals surface area contributed by atoms with E-state index in [9.17, 15) is 14.4 Å². The van der Waals surface area contributed by atoms with E-state index in [4.69, 9.17) is 9.26 Å². The highest BCUT2D eigenvalue weighted by Gasteiger charge is 2.24. The van der Waals surface area contributed by atoms with Crippen LogP contribution in [0.4, 0.5) is 0 Å². The first kappa shape index (κ1) is 24.7. The predicted octanol–water partition coefficient (Wildman–Crippen LogP) is 2.78. The number of hydrogen-bond donors (Lipinski definition) is 1. The zero-order chi connectivity index (χ0) is 25.5. The van der Waals surface area contributed by atoms with E-state index < -0.39 is 5.91 Å². The zero-order valence-electron chi connectivity index (χ0n) is 20.1. The number of nitrogens with zero attached hydrogens (tertiary/aromatic N) is 5. The molecule has 1 aliphatic heterocycles. The minimum absolute atomic E-state index is 0.0165. The van der Waals surface area contributed by atoms with Crippen molar-refractivity contribution in [3.05, 3.63) is 65.2 Å². The maximum atomic E-state index is 12.5. The van der Waals surface area contributed by atoms with E-state index in [1.807, 2.05) is 30.3 Å². The Morgan fingerprint density at radius 2 is 2.00 bits per heavy atom. The molecule has 1 aliphatic carbocycles. The molecular formula is C25H26N6O5. The summed E-state index contributed by atoms with van der Waals surface area (Å²) in [7, 11) is 3.26. The second-order valence-corrected chi connectivity index (χ2v) is 8.23. The first-order valence-corrected chi connectivity index (χ1v) is 11.5. The van der Waals surface area contributed by atoms with Gasteiger partial charge in [0.2, 0.25) is 23.5 Å². The summed E-state index contributed by atoms with van der Waals surface area (Å²) in [4.78, 5) is 42.6. The minimum Gasteiger partial charge on any atom is -0.497 e. The fraction of sp³-hybridized carbons (Fsp3) is 0.320. The van der Waals surface area contributed by atoms with Gasteiger partial charge in [-0.15, -0.1) is 5.11 Å². The largest absolute Gasteiger partial charge is 0.497 e. The van der Waals surface area contributed by atoms with Gasteiger partial charge < -0.3 is 19.5 Å². The van der Waals surface area contributed by atoms with Gasteiger partial charge in [-0.25, -0.2) is 0 Å². The van der Waals surface area contributed by atoms with E-state index >= 15 is 0 Å². The lowest BCUT2D eigenvalue weighted by Crippen LogP contribution is -2.36. The number of likely N-dealkylation sites (N-methyl/N-ethyl adjacent to an activating group) is 1. The highest BCUT2D eigenvalue weighted by Crippen LogP contribution is 2.30. The Bertz CT molecular complexity index is 1270. The molecule has 1 N–H and O–H groups in total. The SMILES string of the molecule is COc1ccc(-c2noc(CCC(=O)N(C)CCNC(=O)CC3=C4CC=CC=C4C(=O)N=N3)n2)cc1. The number of allylic oxidation sites excluding steroid dienone is 3. The van der Waals surface area contributed by atoms with Crippen molar-refractivity contribution in [1.82, 2.24) is 20.4 Å². The number of hydrogen-bond acceptors (Lipinski definition) is 8. The molecule has 2 aliphatic rings. The molecule has 2 aromatic rings. The third-order valence-corrected chi connectivity index (χ3v) is 5.78. The zero-order valence-corrected chi connectivity index (χ0v) is 20.1. The lowest BCUT2D eigenvalue weighted by molar-refractivity contribution is -0.130. The molecule has 0 fully saturated rings. The smallest absolute Gasteiger partial charge is 0.295 e. The van der Waals surface area contributed by atoms with Crippen molar-refractivity contribution < 1.29 is 23.6 Å². The van der Waals surface area contributed by atoms with E-state index in [1.165, 1.54) is 4.90 Å². The van der Waals surface area contributed by atoms with Gasteiger partial charge in [-0.05, 0) is 42.3 Å². The van der Waals surface area contributed by atoms with Crippen LogP contribution in [-0.4, -0.2) is 60.0 Å². The van der Waals surface area contributed by atoms with E-state index in [1.54, 1.807) is 26.3 Å². The third kappa shape index (κ3) is 5.98. The first-order chi connectivity index (χ1) is 17.4. The fourth-order valence-electron chi connectivity index (χ4n) is 3.72. The number of aryl methyl sites for hydroxylation is 1. The minimum atomic E-state index is -0.392. The molecule has 0 saturated carbocycles. The normalized spacial score (nSPS) is 14.4. The Balaban J connectivity index is 1.20. The quantitative estimate of drug-likeness (QED) is 0.540. The van der Waals surface area contributed by atoms with Gasteiger partial charge in [-0.2, -0.15) is 10.1 Å². The number of carbonyl (C=O) groups excluding carboxylic acids is 3. The molecule has 186 valence electrons. The summed E-state index contributed by atoms with van der Waals surface area (Å²) >= 11 is 0. The van der Waals surface area contributed by atoms with Gasteiger partial charge in [0, 0.05) is 44.1 Å². The van der Waals surface area contributed by atoms with E-state index in [0.29, 0.717) is 42.4 Å². The average Bonchev–Trinajstić information content (AvgIpc) is 3.38. The number of fused-ring (bicyclic) bond motifs is 1. The molecule has 1 aromatic heterocycles. The van der Waals surface area contributed by atoms with Gasteiger partial charge in [0.15, 0.2) is 0 Å². The Morgan fingerprint density at radius 1 is 1.19 bits per heavy atom. The summed E-state index contributed by atoms with van der Waals surface area (Å²) in [6, 6.07) is 7.27. The van der Waals surface area contributed by atoms with Crippen molar-refractivity contribution in [2.75, 3.05) is 27.2 Å². The molecule has 0 unspecified atom stereocenters. The van der Waals surface area contributed by atoms with Crippen LogP contribution in [0.2, 0.25) is 0 Å². The number of carbonyl (C=O) groups is 3. The van der Waals surface area contributed by atoms with Gasteiger partial charge in [0.1, 0.15) is 5.75 Å². The van der Waals surface area contributed by atoms with Gasteiger partial charge in [-0.1, -0.05) is 17.3 Å². The molecule has 3 amide bonds. The molecule has 0 saturated heterocycles. The van der Waals surface area contributed by atoms with Crippen molar-refractivity contribution in [2.45, 2.75) is 25.7 Å². The van der Waals surface area contributed by atoms with Gasteiger partial charge in [0.25, 0.3) is 5.91 Å². The Hall–Kier alpha value is -4.41. The molecule has 0 spiro atoms. The van der Waals surface area contributed by atoms with Crippen LogP contribution in [0.5, 0.6) is 5.75 Å². The highest BCUT2D eigenvalue weighted by molar-refractivity contribution is 6.00. The molecule has 0 radical (unpaired) electrons. The lowest BCUT2D eigenvalue weighted by atomic mass is 9.94. The number of ether oxygens (including phenoxy) is 1. The molecule has 11 heteroatoms. The van der Waals surface area contributed by atoms with Crippen LogP contribution < -0.4 is 10.1 Å². The van der Waals surface area contributed by atoms with Crippen molar-refractivity contribution in [3.8, 4) is 17.1 Å². The molecule has 11 nitrogen and oxygen atoms in total. The number of nitrogens with one attached hydrogen (secondary N) is 1. The van der Waals surface area contributed by atoms with Crippen LogP contribution in [0.3, 0.4) is 0 Å². The highest BCUT2D eigenvalue weighted by atomic mass is 16.5. The van der Waals surface area contributed by atoms with E-state index in [-0.39, 0.29) is 31.2 Å². The Kier molecular flexibility index (Phi) is 7.79. The molecule has 0 bridgehead atoms. The summed E-state index contributed by atoms with van der Waals surface area (Å²) in [5.74, 6) is 0.793. The average molecular weight is 491 g/mol. The third-order valence-electron chi connectivity index (χ3n) is 5.78. The van der Waals surface area contributed by atoms with Crippen LogP contribution in [-0.2, 0) is 20.8 Å². The van der Waals surface area contributed by atoms with Crippen molar-refractivity contribution in [2.24, 2.45) is 10.2 Å². The maximum absolute atomic E-state index is 12.5. The summed E-state index contributed by atoms with van der Waals surface area (Å²) in [6.45, 7) is 0.621. The van der Waals surface area contributed by atoms with Crippen LogP contribution >= 0.6 is 0 Å². The van der Waals surface area contributed by atoms with Gasteiger partial charge in [-0.3, -0.25) is 14.4 Å². The number of benzene rings is 1. The van der Waals surface area contributed by atoms with E-state index in [2.05, 4.69) is 25.7 Å². The number of azo groups is 1. The molecule has 2 heterocycles. The van der Waals surface area contributed by atoms with Crippen molar-refractivity contribution in [3.63, 3.8) is 0 Å². The summed E-state index contributed by atoms with van der Waals surface area (Å²) in [5, 5.41) is 14.3. The Labute approximate surface area is 207 Å². The number of rotatable bonds is 10. The van der Waals surface area contributed by atoms with Crippen LogP contribution in [0.1, 0.15) is 25.2 Å². The van der Waals surface area contributed by atoms with Crippen LogP contribution in [0.15, 0.2) is 74.1 Å². The van der Waals surface area contributed by atoms with Gasteiger partial charge >= 0.3 is 0 Å². The summed E-state index contributed by atoms with van der Waals surface area (Å²) in [6.07, 6.45) is 6.44. The molecule has 0 atom stereocenters. The summed E-state index contributed by atoms with van der Waals surface area (Å²) < 4.78 is 10.4. The van der Waals surface area contributed by atoms with Gasteiger partial charge in [0.05, 0.1) is 19.2 Å². The van der Waals surface area contributed by atoms with Crippen molar-refractivity contribution >= 4 is 17.7 Å². The monoisotopic (exact) mass is 490 g/mol. The number of aromatic nitrogens is 2. The molecular weight excluding hydrogens is 464 g/mol. The van der Waals surface area contributed by atoms with Crippen LogP contribution in [0.25, 0.3) is 11.4 Å². The summed E-state index contributed by atoms with van der Waals surface area (Å²) in [5.41, 5.74) is 2.49. The number of amides is 3. The molecule has 36 heavy (non-hydrogen) atoms. The first-order valence-electron chi connectivity index (χ1n) is 11.5. The standard InChI is InChI=1S/C25H26N6O5/c1-31(14-13-26-21(32)15-20-18-5-3-4-6-19(18)25(34)29-28-20)23(33)12-11-22-27-24(30-36-22)16-7-9-17(35-2)10-8-16/h3-4,6-10H,5,11-15H2,1-2H3,(H,26,32). The molecule has 4 rings (SSSR count). The van der Waals surface area contributed by atoms with Crippen LogP contribution in [0, 0.1) is 0 Å². The maximum Gasteiger partial charge on any atom is 0.295 e. The molecule has 1 aromatic carbocycles.